The van der Waals surface area contributed by atoms with Crippen LogP contribution in [0.3, 0.4) is 0 Å². The van der Waals surface area contributed by atoms with Crippen molar-refractivity contribution in [2.75, 3.05) is 0 Å². The number of hydrogen-bond acceptors (Lipinski definition) is 4. The second-order valence-electron chi connectivity index (χ2n) is 6.58. The highest BCUT2D eigenvalue weighted by Gasteiger charge is 2.61. The highest BCUT2D eigenvalue weighted by Crippen LogP contribution is 2.60. The van der Waals surface area contributed by atoms with Gasteiger partial charge in [0.1, 0.15) is 11.2 Å². The summed E-state index contributed by atoms with van der Waals surface area (Å²) in [6.45, 7) is 6.93. The normalized spacial score (nSPS) is 41.0. The van der Waals surface area contributed by atoms with Gasteiger partial charge in [0.15, 0.2) is 0 Å². The van der Waals surface area contributed by atoms with Gasteiger partial charge in [0.25, 0.3) is 0 Å². The van der Waals surface area contributed by atoms with Crippen molar-refractivity contribution in [2.45, 2.75) is 49.7 Å². The first-order chi connectivity index (χ1) is 9.48. The second-order valence-corrected chi connectivity index (χ2v) is 6.58. The number of hydrogen-bond donors (Lipinski definition) is 0. The van der Waals surface area contributed by atoms with Crippen molar-refractivity contribution in [3.05, 3.63) is 25.3 Å². The van der Waals surface area contributed by atoms with Gasteiger partial charge < -0.3 is 9.47 Å². The molecule has 0 amide bonds. The molecule has 4 saturated carbocycles. The Balaban J connectivity index is 1.85. The third-order valence-corrected chi connectivity index (χ3v) is 4.92. The quantitative estimate of drug-likeness (QED) is 0.585. The molecule has 0 atom stereocenters. The fourth-order valence-corrected chi connectivity index (χ4v) is 4.84. The standard InChI is InChI=1S/C16H20O4/c1-3-13(17)19-15-6-11-5-12(7-15)9-16(8-11,10-15)20-14(18)4-2/h3-4,11-12H,1-2,5-10H2. The van der Waals surface area contributed by atoms with Gasteiger partial charge in [-0.3, -0.25) is 0 Å². The number of carbonyl (C=O) groups is 2. The molecule has 4 fully saturated rings. The third kappa shape index (κ3) is 2.17. The predicted octanol–water partition coefficient (Wildman–Crippen LogP) is 2.54. The molecule has 0 aromatic carbocycles. The first-order valence-corrected chi connectivity index (χ1v) is 7.19. The zero-order valence-corrected chi connectivity index (χ0v) is 11.6. The fourth-order valence-electron chi connectivity index (χ4n) is 4.84. The molecule has 20 heavy (non-hydrogen) atoms. The van der Waals surface area contributed by atoms with E-state index < -0.39 is 11.2 Å². The Morgan fingerprint density at radius 2 is 1.30 bits per heavy atom. The van der Waals surface area contributed by atoms with Gasteiger partial charge in [0.2, 0.25) is 0 Å². The molecule has 4 heteroatoms. The van der Waals surface area contributed by atoms with E-state index in [1.54, 1.807) is 0 Å². The monoisotopic (exact) mass is 276 g/mol. The van der Waals surface area contributed by atoms with Crippen molar-refractivity contribution in [3.8, 4) is 0 Å². The maximum absolute atomic E-state index is 11.6. The van der Waals surface area contributed by atoms with Crippen LogP contribution in [-0.2, 0) is 19.1 Å². The van der Waals surface area contributed by atoms with Gasteiger partial charge >= 0.3 is 11.9 Å². The van der Waals surface area contributed by atoms with Crippen LogP contribution in [0.5, 0.6) is 0 Å². The van der Waals surface area contributed by atoms with Gasteiger partial charge in [-0.2, -0.15) is 0 Å². The fraction of sp³-hybridized carbons (Fsp3) is 0.625. The number of esters is 2. The summed E-state index contributed by atoms with van der Waals surface area (Å²) in [7, 11) is 0. The molecule has 0 heterocycles. The van der Waals surface area contributed by atoms with Crippen molar-refractivity contribution in [1.82, 2.24) is 0 Å². The minimum Gasteiger partial charge on any atom is -0.456 e. The van der Waals surface area contributed by atoms with E-state index >= 15 is 0 Å². The van der Waals surface area contributed by atoms with E-state index in [2.05, 4.69) is 13.2 Å². The number of rotatable bonds is 4. The molecule has 0 aliphatic heterocycles. The first kappa shape index (κ1) is 13.4. The molecule has 4 rings (SSSR count). The molecule has 0 radical (unpaired) electrons. The van der Waals surface area contributed by atoms with E-state index in [-0.39, 0.29) is 11.9 Å². The molecule has 0 N–H and O–H groups in total. The van der Waals surface area contributed by atoms with E-state index in [0.29, 0.717) is 18.3 Å². The van der Waals surface area contributed by atoms with Crippen LogP contribution < -0.4 is 0 Å². The van der Waals surface area contributed by atoms with Gasteiger partial charge in [0.05, 0.1) is 0 Å². The predicted molar refractivity (Wildman–Crippen MR) is 72.7 cm³/mol. The minimum absolute atomic E-state index is 0.378. The average molecular weight is 276 g/mol. The molecular formula is C16H20O4. The smallest absolute Gasteiger partial charge is 0.330 e. The molecule has 0 unspecified atom stereocenters. The molecular weight excluding hydrogens is 256 g/mol. The molecule has 0 aromatic heterocycles. The van der Waals surface area contributed by atoms with E-state index in [1.165, 1.54) is 12.2 Å². The lowest BCUT2D eigenvalue weighted by atomic mass is 9.52. The molecule has 108 valence electrons. The number of carbonyl (C=O) groups excluding carboxylic acids is 2. The number of ether oxygens (including phenoxy) is 2. The van der Waals surface area contributed by atoms with Gasteiger partial charge in [0, 0.05) is 18.6 Å². The summed E-state index contributed by atoms with van der Waals surface area (Å²) in [5, 5.41) is 0. The van der Waals surface area contributed by atoms with Gasteiger partial charge in [-0.05, 0) is 43.9 Å². The molecule has 0 aromatic rings. The topological polar surface area (TPSA) is 52.6 Å². The Bertz CT molecular complexity index is 425. The molecule has 0 saturated heterocycles. The molecule has 0 spiro atoms. The van der Waals surface area contributed by atoms with E-state index in [4.69, 9.17) is 9.47 Å². The highest BCUT2D eigenvalue weighted by molar-refractivity contribution is 5.82. The van der Waals surface area contributed by atoms with Crippen LogP contribution in [0.15, 0.2) is 25.3 Å². The lowest BCUT2D eigenvalue weighted by Crippen LogP contribution is -2.61. The third-order valence-electron chi connectivity index (χ3n) is 4.92. The Kier molecular flexibility index (Phi) is 3.00. The largest absolute Gasteiger partial charge is 0.456 e. The van der Waals surface area contributed by atoms with Crippen LogP contribution in [0.25, 0.3) is 0 Å². The van der Waals surface area contributed by atoms with E-state index in [0.717, 1.165) is 32.1 Å². The van der Waals surface area contributed by atoms with Crippen molar-refractivity contribution >= 4 is 11.9 Å². The lowest BCUT2D eigenvalue weighted by Gasteiger charge is -2.60. The Labute approximate surface area is 118 Å². The summed E-state index contributed by atoms with van der Waals surface area (Å²) < 4.78 is 11.3. The van der Waals surface area contributed by atoms with Crippen LogP contribution in [0, 0.1) is 11.8 Å². The van der Waals surface area contributed by atoms with Gasteiger partial charge in [-0.25, -0.2) is 9.59 Å². The lowest BCUT2D eigenvalue weighted by molar-refractivity contribution is -0.226. The van der Waals surface area contributed by atoms with Crippen LogP contribution in [0.2, 0.25) is 0 Å². The summed E-state index contributed by atoms with van der Waals surface area (Å²) >= 11 is 0. The zero-order chi connectivity index (χ0) is 14.4. The molecule has 4 nitrogen and oxygen atoms in total. The highest BCUT2D eigenvalue weighted by atomic mass is 16.6. The molecule has 4 aliphatic carbocycles. The molecule has 4 aliphatic rings. The Hall–Kier alpha value is -1.58. The first-order valence-electron chi connectivity index (χ1n) is 7.19. The van der Waals surface area contributed by atoms with E-state index in [1.807, 2.05) is 0 Å². The molecule has 4 bridgehead atoms. The van der Waals surface area contributed by atoms with Crippen LogP contribution in [-0.4, -0.2) is 23.1 Å². The van der Waals surface area contributed by atoms with Crippen molar-refractivity contribution in [1.29, 1.82) is 0 Å². The Morgan fingerprint density at radius 3 is 1.65 bits per heavy atom. The summed E-state index contributed by atoms with van der Waals surface area (Å²) in [5.41, 5.74) is -0.923. The van der Waals surface area contributed by atoms with Crippen molar-refractivity contribution < 1.29 is 19.1 Å². The second kappa shape index (κ2) is 4.47. The van der Waals surface area contributed by atoms with Crippen LogP contribution >= 0.6 is 0 Å². The van der Waals surface area contributed by atoms with Crippen molar-refractivity contribution in [3.63, 3.8) is 0 Å². The summed E-state index contributed by atoms with van der Waals surface area (Å²) in [4.78, 5) is 23.2. The van der Waals surface area contributed by atoms with Crippen molar-refractivity contribution in [2.24, 2.45) is 11.8 Å². The van der Waals surface area contributed by atoms with Gasteiger partial charge in [-0.1, -0.05) is 13.2 Å². The maximum atomic E-state index is 11.6. The van der Waals surface area contributed by atoms with E-state index in [9.17, 15) is 9.59 Å². The Morgan fingerprint density at radius 1 is 0.900 bits per heavy atom. The summed E-state index contributed by atoms with van der Waals surface area (Å²) in [6, 6.07) is 0. The summed E-state index contributed by atoms with van der Waals surface area (Å²) in [5.74, 6) is 0.201. The van der Waals surface area contributed by atoms with Crippen LogP contribution in [0.4, 0.5) is 0 Å². The minimum atomic E-state index is -0.462. The zero-order valence-electron chi connectivity index (χ0n) is 11.6. The summed E-state index contributed by atoms with van der Waals surface area (Å²) in [6.07, 6.45) is 7.73. The van der Waals surface area contributed by atoms with Gasteiger partial charge in [-0.15, -0.1) is 0 Å². The SMILES string of the molecule is C=CC(=O)OC12CC3CC(C1)CC(OC(=O)C=C)(C3)C2. The average Bonchev–Trinajstić information content (AvgIpc) is 2.35. The maximum Gasteiger partial charge on any atom is 0.330 e. The van der Waals surface area contributed by atoms with Crippen LogP contribution in [0.1, 0.15) is 38.5 Å².